The Balaban J connectivity index is 1.43. The summed E-state index contributed by atoms with van der Waals surface area (Å²) in [6.07, 6.45) is 3.00. The standard InChI is InChI=1S/C23H24FN5O2S/c1-27(11-18-13-32-14-25-18)23(31)21-19-12-28(22(30)16-3-2-4-17(24)9-16)8-7-20(19)29(26-21)10-15-5-6-15/h2-4,9,13-15H,5-8,10-12H2,1H3. The topological polar surface area (TPSA) is 71.3 Å². The summed E-state index contributed by atoms with van der Waals surface area (Å²) < 4.78 is 15.6. The van der Waals surface area contributed by atoms with Crippen molar-refractivity contribution >= 4 is 23.2 Å². The number of benzene rings is 1. The van der Waals surface area contributed by atoms with Gasteiger partial charge in [0.25, 0.3) is 11.8 Å². The Hall–Kier alpha value is -3.07. The summed E-state index contributed by atoms with van der Waals surface area (Å²) in [5.41, 5.74) is 5.13. The molecule has 1 saturated carbocycles. The molecule has 1 aromatic carbocycles. The average Bonchev–Trinajstić information content (AvgIpc) is 3.33. The minimum atomic E-state index is -0.440. The van der Waals surface area contributed by atoms with Crippen molar-refractivity contribution in [3.63, 3.8) is 0 Å². The van der Waals surface area contributed by atoms with Crippen LogP contribution < -0.4 is 0 Å². The van der Waals surface area contributed by atoms with E-state index in [0.29, 0.717) is 43.2 Å². The van der Waals surface area contributed by atoms with Gasteiger partial charge in [0.05, 0.1) is 24.3 Å². The first-order valence-electron chi connectivity index (χ1n) is 10.8. The molecule has 0 atom stereocenters. The largest absolute Gasteiger partial charge is 0.334 e. The zero-order valence-corrected chi connectivity index (χ0v) is 18.6. The number of nitrogens with zero attached hydrogens (tertiary/aromatic N) is 5. The smallest absolute Gasteiger partial charge is 0.274 e. The highest BCUT2D eigenvalue weighted by Gasteiger charge is 2.33. The minimum absolute atomic E-state index is 0.177. The van der Waals surface area contributed by atoms with Crippen molar-refractivity contribution in [2.45, 2.75) is 38.9 Å². The number of halogens is 1. The first-order chi connectivity index (χ1) is 15.5. The Labute approximate surface area is 189 Å². The fraction of sp³-hybridized carbons (Fsp3) is 0.391. The van der Waals surface area contributed by atoms with Crippen LogP contribution in [0.5, 0.6) is 0 Å². The molecule has 166 valence electrons. The van der Waals surface area contributed by atoms with E-state index in [1.807, 2.05) is 10.1 Å². The second-order valence-electron chi connectivity index (χ2n) is 8.53. The van der Waals surface area contributed by atoms with E-state index in [-0.39, 0.29) is 11.8 Å². The Morgan fingerprint density at radius 3 is 2.88 bits per heavy atom. The zero-order chi connectivity index (χ0) is 22.2. The molecule has 7 nitrogen and oxygen atoms in total. The highest BCUT2D eigenvalue weighted by Crippen LogP contribution is 2.33. The van der Waals surface area contributed by atoms with Gasteiger partial charge < -0.3 is 9.80 Å². The van der Waals surface area contributed by atoms with Gasteiger partial charge >= 0.3 is 0 Å². The predicted octanol–water partition coefficient (Wildman–Crippen LogP) is 3.36. The monoisotopic (exact) mass is 453 g/mol. The molecule has 0 N–H and O–H groups in total. The predicted molar refractivity (Wildman–Crippen MR) is 118 cm³/mol. The first kappa shape index (κ1) is 20.8. The van der Waals surface area contributed by atoms with Crippen LogP contribution in [0, 0.1) is 11.7 Å². The Morgan fingerprint density at radius 1 is 1.31 bits per heavy atom. The molecule has 0 unspecified atom stereocenters. The molecule has 1 aliphatic heterocycles. The molecule has 1 aliphatic carbocycles. The number of aromatic nitrogens is 3. The molecule has 9 heteroatoms. The van der Waals surface area contributed by atoms with Gasteiger partial charge in [0.15, 0.2) is 5.69 Å². The van der Waals surface area contributed by atoms with Crippen LogP contribution >= 0.6 is 11.3 Å². The van der Waals surface area contributed by atoms with Crippen LogP contribution in [0.15, 0.2) is 35.2 Å². The SMILES string of the molecule is CN(Cc1cscn1)C(=O)c1nn(CC2CC2)c2c1CN(C(=O)c1cccc(F)c1)CC2. The number of thiazole rings is 1. The van der Waals surface area contributed by atoms with E-state index in [1.165, 1.54) is 42.4 Å². The molecule has 2 aliphatic rings. The molecule has 2 aromatic heterocycles. The lowest BCUT2D eigenvalue weighted by molar-refractivity contribution is 0.0720. The zero-order valence-electron chi connectivity index (χ0n) is 17.8. The van der Waals surface area contributed by atoms with E-state index < -0.39 is 5.82 Å². The van der Waals surface area contributed by atoms with Gasteiger partial charge in [-0.1, -0.05) is 6.07 Å². The van der Waals surface area contributed by atoms with Crippen molar-refractivity contribution in [3.8, 4) is 0 Å². The number of carbonyl (C=O) groups is 2. The van der Waals surface area contributed by atoms with Crippen molar-refractivity contribution in [2.75, 3.05) is 13.6 Å². The van der Waals surface area contributed by atoms with Crippen molar-refractivity contribution in [1.82, 2.24) is 24.6 Å². The lowest BCUT2D eigenvalue weighted by atomic mass is 10.0. The van der Waals surface area contributed by atoms with Crippen LogP contribution in [0.2, 0.25) is 0 Å². The van der Waals surface area contributed by atoms with Crippen LogP contribution in [0.4, 0.5) is 4.39 Å². The van der Waals surface area contributed by atoms with Crippen LogP contribution in [0.25, 0.3) is 0 Å². The highest BCUT2D eigenvalue weighted by molar-refractivity contribution is 7.07. The number of hydrogen-bond donors (Lipinski definition) is 0. The summed E-state index contributed by atoms with van der Waals surface area (Å²) in [5.74, 6) is -0.241. The maximum absolute atomic E-state index is 13.6. The number of carbonyl (C=O) groups excluding carboxylic acids is 2. The molecule has 3 aromatic rings. The summed E-state index contributed by atoms with van der Waals surface area (Å²) in [5, 5.41) is 6.63. The summed E-state index contributed by atoms with van der Waals surface area (Å²) in [6, 6.07) is 5.73. The molecule has 0 saturated heterocycles. The second kappa shape index (κ2) is 8.46. The van der Waals surface area contributed by atoms with Gasteiger partial charge in [0.1, 0.15) is 5.82 Å². The van der Waals surface area contributed by atoms with Gasteiger partial charge in [-0.2, -0.15) is 5.10 Å². The number of fused-ring (bicyclic) bond motifs is 1. The Kier molecular flexibility index (Phi) is 5.50. The average molecular weight is 454 g/mol. The van der Waals surface area contributed by atoms with E-state index in [2.05, 4.69) is 4.98 Å². The Bertz CT molecular complexity index is 1160. The summed E-state index contributed by atoms with van der Waals surface area (Å²) in [4.78, 5) is 33.9. The molecule has 0 radical (unpaired) electrons. The van der Waals surface area contributed by atoms with E-state index in [1.54, 1.807) is 28.4 Å². The van der Waals surface area contributed by atoms with Crippen LogP contribution in [-0.2, 0) is 26.1 Å². The highest BCUT2D eigenvalue weighted by atomic mass is 32.1. The molecule has 2 amide bonds. The van der Waals surface area contributed by atoms with Gasteiger partial charge in [0, 0.05) is 48.8 Å². The van der Waals surface area contributed by atoms with E-state index >= 15 is 0 Å². The number of rotatable bonds is 6. The summed E-state index contributed by atoms with van der Waals surface area (Å²) >= 11 is 1.49. The fourth-order valence-corrected chi connectivity index (χ4v) is 4.70. The van der Waals surface area contributed by atoms with Gasteiger partial charge in [-0.3, -0.25) is 14.3 Å². The van der Waals surface area contributed by atoms with Crippen LogP contribution in [0.1, 0.15) is 50.6 Å². The molecule has 0 bridgehead atoms. The number of amides is 2. The molecule has 32 heavy (non-hydrogen) atoms. The molecule has 1 fully saturated rings. The first-order valence-corrected chi connectivity index (χ1v) is 11.7. The molecular formula is C23H24FN5O2S. The molecule has 3 heterocycles. The summed E-state index contributed by atoms with van der Waals surface area (Å²) in [7, 11) is 1.74. The minimum Gasteiger partial charge on any atom is -0.334 e. The van der Waals surface area contributed by atoms with Crippen molar-refractivity contribution in [1.29, 1.82) is 0 Å². The third-order valence-electron chi connectivity index (χ3n) is 6.05. The summed E-state index contributed by atoms with van der Waals surface area (Å²) in [6.45, 7) is 2.02. The van der Waals surface area contributed by atoms with Crippen molar-refractivity contribution in [2.24, 2.45) is 5.92 Å². The number of hydrogen-bond acceptors (Lipinski definition) is 5. The van der Waals surface area contributed by atoms with Gasteiger partial charge in [-0.15, -0.1) is 11.3 Å². The van der Waals surface area contributed by atoms with Crippen molar-refractivity contribution < 1.29 is 14.0 Å². The molecular weight excluding hydrogens is 429 g/mol. The third kappa shape index (κ3) is 4.17. The van der Waals surface area contributed by atoms with E-state index in [0.717, 1.165) is 23.5 Å². The quantitative estimate of drug-likeness (QED) is 0.574. The molecule has 5 rings (SSSR count). The maximum atomic E-state index is 13.6. The van der Waals surface area contributed by atoms with Gasteiger partial charge in [0.2, 0.25) is 0 Å². The van der Waals surface area contributed by atoms with Crippen molar-refractivity contribution in [3.05, 3.63) is 69.2 Å². The Morgan fingerprint density at radius 2 is 2.16 bits per heavy atom. The van der Waals surface area contributed by atoms with Crippen LogP contribution in [-0.4, -0.2) is 50.0 Å². The molecule has 0 spiro atoms. The lowest BCUT2D eigenvalue weighted by Gasteiger charge is -2.28. The van der Waals surface area contributed by atoms with E-state index in [4.69, 9.17) is 5.10 Å². The third-order valence-corrected chi connectivity index (χ3v) is 6.69. The fourth-order valence-electron chi connectivity index (χ4n) is 4.15. The lowest BCUT2D eigenvalue weighted by Crippen LogP contribution is -2.37. The van der Waals surface area contributed by atoms with Gasteiger partial charge in [-0.25, -0.2) is 9.37 Å². The van der Waals surface area contributed by atoms with Gasteiger partial charge in [-0.05, 0) is 37.0 Å². The van der Waals surface area contributed by atoms with Crippen LogP contribution in [0.3, 0.4) is 0 Å². The second-order valence-corrected chi connectivity index (χ2v) is 9.25. The normalized spacial score (nSPS) is 15.5. The van der Waals surface area contributed by atoms with E-state index in [9.17, 15) is 14.0 Å². The maximum Gasteiger partial charge on any atom is 0.274 e.